The molecule has 5 heteroatoms. The summed E-state index contributed by atoms with van der Waals surface area (Å²) in [6.07, 6.45) is 0. The van der Waals surface area contributed by atoms with Crippen LogP contribution in [0.2, 0.25) is 5.02 Å². The molecular weight excluding hydrogens is 206 g/mol. The van der Waals surface area contributed by atoms with Gasteiger partial charge >= 0.3 is 5.97 Å². The fourth-order valence-electron chi connectivity index (χ4n) is 0.979. The van der Waals surface area contributed by atoms with Gasteiger partial charge in [0.05, 0.1) is 23.3 Å². The van der Waals surface area contributed by atoms with E-state index >= 15 is 0 Å². The lowest BCUT2D eigenvalue weighted by Crippen LogP contribution is -2.01. The van der Waals surface area contributed by atoms with Crippen molar-refractivity contribution < 1.29 is 14.6 Å². The number of nitrogens with zero attached hydrogens (tertiary/aromatic N) is 1. The Balaban J connectivity index is 3.42. The van der Waals surface area contributed by atoms with Gasteiger partial charge in [-0.2, -0.15) is 5.26 Å². The average molecular weight is 212 g/mol. The van der Waals surface area contributed by atoms with E-state index in [0.29, 0.717) is 0 Å². The first-order chi connectivity index (χ1) is 6.60. The van der Waals surface area contributed by atoms with Crippen molar-refractivity contribution in [3.8, 4) is 11.8 Å². The summed E-state index contributed by atoms with van der Waals surface area (Å²) >= 11 is 5.72. The summed E-state index contributed by atoms with van der Waals surface area (Å²) in [5, 5.41) is 17.6. The monoisotopic (exact) mass is 211 g/mol. The van der Waals surface area contributed by atoms with Crippen molar-refractivity contribution >= 4 is 17.6 Å². The van der Waals surface area contributed by atoms with E-state index in [1.165, 1.54) is 19.2 Å². The van der Waals surface area contributed by atoms with Gasteiger partial charge in [0.2, 0.25) is 0 Å². The second-order valence-corrected chi connectivity index (χ2v) is 2.86. The van der Waals surface area contributed by atoms with Gasteiger partial charge in [0, 0.05) is 0 Å². The van der Waals surface area contributed by atoms with Gasteiger partial charge in [-0.25, -0.2) is 4.79 Å². The fourth-order valence-corrected chi connectivity index (χ4v) is 1.22. The highest BCUT2D eigenvalue weighted by Gasteiger charge is 2.14. The summed E-state index contributed by atoms with van der Waals surface area (Å²) in [7, 11) is 1.37. The Kier molecular flexibility index (Phi) is 2.95. The normalized spacial score (nSPS) is 9.21. The number of methoxy groups -OCH3 is 1. The van der Waals surface area contributed by atoms with E-state index < -0.39 is 5.97 Å². The van der Waals surface area contributed by atoms with E-state index in [1.54, 1.807) is 6.07 Å². The van der Waals surface area contributed by atoms with Crippen molar-refractivity contribution in [1.29, 1.82) is 5.26 Å². The minimum Gasteiger partial charge on any atom is -0.495 e. The Morgan fingerprint density at radius 2 is 2.29 bits per heavy atom. The molecule has 1 aromatic rings. The number of benzene rings is 1. The summed E-state index contributed by atoms with van der Waals surface area (Å²) in [4.78, 5) is 10.7. The second-order valence-electron chi connectivity index (χ2n) is 2.45. The van der Waals surface area contributed by atoms with Gasteiger partial charge in [-0.3, -0.25) is 0 Å². The lowest BCUT2D eigenvalue weighted by molar-refractivity contribution is 0.0696. The molecule has 0 heterocycles. The zero-order chi connectivity index (χ0) is 10.7. The Morgan fingerprint density at radius 1 is 1.64 bits per heavy atom. The summed E-state index contributed by atoms with van der Waals surface area (Å²) in [5.74, 6) is -0.945. The summed E-state index contributed by atoms with van der Waals surface area (Å²) in [6, 6.07) is 4.24. The number of hydrogen-bond acceptors (Lipinski definition) is 3. The molecule has 0 aliphatic carbocycles. The van der Waals surface area contributed by atoms with Crippen LogP contribution in [-0.2, 0) is 0 Å². The van der Waals surface area contributed by atoms with Gasteiger partial charge in [-0.1, -0.05) is 11.6 Å². The van der Waals surface area contributed by atoms with Crippen molar-refractivity contribution in [3.63, 3.8) is 0 Å². The lowest BCUT2D eigenvalue weighted by Gasteiger charge is -2.05. The van der Waals surface area contributed by atoms with Crippen LogP contribution in [0.4, 0.5) is 0 Å². The van der Waals surface area contributed by atoms with E-state index in [4.69, 9.17) is 26.7 Å². The predicted octanol–water partition coefficient (Wildman–Crippen LogP) is 1.92. The maximum absolute atomic E-state index is 10.7. The van der Waals surface area contributed by atoms with Gasteiger partial charge in [0.1, 0.15) is 11.8 Å². The van der Waals surface area contributed by atoms with Gasteiger partial charge < -0.3 is 9.84 Å². The van der Waals surface area contributed by atoms with Crippen LogP contribution in [0.3, 0.4) is 0 Å². The number of hydrogen-bond donors (Lipinski definition) is 1. The molecule has 0 amide bonds. The third-order valence-corrected chi connectivity index (χ3v) is 1.94. The maximum atomic E-state index is 10.7. The van der Waals surface area contributed by atoms with Crippen molar-refractivity contribution in [2.75, 3.05) is 7.11 Å². The minimum absolute atomic E-state index is 0.0169. The average Bonchev–Trinajstić information content (AvgIpc) is 2.16. The first-order valence-corrected chi connectivity index (χ1v) is 3.99. The number of ether oxygens (including phenoxy) is 1. The Hall–Kier alpha value is -1.73. The SMILES string of the molecule is COc1cc(C(=O)O)c(C#N)cc1Cl. The maximum Gasteiger partial charge on any atom is 0.337 e. The largest absolute Gasteiger partial charge is 0.495 e. The highest BCUT2D eigenvalue weighted by Crippen LogP contribution is 2.27. The molecule has 4 nitrogen and oxygen atoms in total. The minimum atomic E-state index is -1.18. The van der Waals surface area contributed by atoms with Gasteiger partial charge in [0.25, 0.3) is 0 Å². The van der Waals surface area contributed by atoms with E-state index in [0.717, 1.165) is 0 Å². The molecule has 1 N–H and O–H groups in total. The molecule has 72 valence electrons. The van der Waals surface area contributed by atoms with Crippen molar-refractivity contribution in [1.82, 2.24) is 0 Å². The molecule has 1 aromatic carbocycles. The van der Waals surface area contributed by atoms with Crippen LogP contribution in [-0.4, -0.2) is 18.2 Å². The van der Waals surface area contributed by atoms with Gasteiger partial charge in [-0.05, 0) is 12.1 Å². The molecule has 0 unspecified atom stereocenters. The van der Waals surface area contributed by atoms with Crippen molar-refractivity contribution in [2.45, 2.75) is 0 Å². The Labute approximate surface area is 85.3 Å². The predicted molar refractivity (Wildman–Crippen MR) is 49.7 cm³/mol. The molecule has 0 spiro atoms. The zero-order valence-corrected chi connectivity index (χ0v) is 8.00. The quantitative estimate of drug-likeness (QED) is 0.811. The van der Waals surface area contributed by atoms with Crippen LogP contribution in [0.25, 0.3) is 0 Å². The second kappa shape index (κ2) is 3.99. The summed E-state index contributed by atoms with van der Waals surface area (Å²) in [5.41, 5.74) is -0.1000. The highest BCUT2D eigenvalue weighted by molar-refractivity contribution is 6.32. The Morgan fingerprint density at radius 3 is 2.71 bits per heavy atom. The number of carboxylic acid groups (broad SMARTS) is 1. The van der Waals surface area contributed by atoms with Crippen LogP contribution >= 0.6 is 11.6 Å². The van der Waals surface area contributed by atoms with Crippen LogP contribution in [0, 0.1) is 11.3 Å². The molecule has 0 aliphatic rings. The van der Waals surface area contributed by atoms with Gasteiger partial charge in [-0.15, -0.1) is 0 Å². The Bertz CT molecular complexity index is 423. The molecule has 1 rings (SSSR count). The van der Waals surface area contributed by atoms with E-state index in [9.17, 15) is 4.79 Å². The van der Waals surface area contributed by atoms with Crippen LogP contribution in [0.15, 0.2) is 12.1 Å². The molecule has 0 radical (unpaired) electrons. The van der Waals surface area contributed by atoms with E-state index in [-0.39, 0.29) is 21.9 Å². The topological polar surface area (TPSA) is 70.3 Å². The number of nitriles is 1. The first kappa shape index (κ1) is 10.4. The fraction of sp³-hybridized carbons (Fsp3) is 0.111. The first-order valence-electron chi connectivity index (χ1n) is 3.61. The number of halogens is 1. The molecule has 0 atom stereocenters. The molecule has 0 aliphatic heterocycles. The third-order valence-electron chi connectivity index (χ3n) is 1.64. The van der Waals surface area contributed by atoms with Crippen LogP contribution in [0.5, 0.6) is 5.75 Å². The summed E-state index contributed by atoms with van der Waals surface area (Å²) in [6.45, 7) is 0. The molecule has 14 heavy (non-hydrogen) atoms. The van der Waals surface area contributed by atoms with Gasteiger partial charge in [0.15, 0.2) is 0 Å². The van der Waals surface area contributed by atoms with Crippen molar-refractivity contribution in [3.05, 3.63) is 28.3 Å². The number of rotatable bonds is 2. The highest BCUT2D eigenvalue weighted by atomic mass is 35.5. The van der Waals surface area contributed by atoms with Crippen molar-refractivity contribution in [2.24, 2.45) is 0 Å². The number of aromatic carboxylic acids is 1. The molecule has 0 saturated heterocycles. The number of carbonyl (C=O) groups is 1. The molecular formula is C9H6ClNO3. The van der Waals surface area contributed by atoms with Crippen LogP contribution < -0.4 is 4.74 Å². The molecule has 0 fully saturated rings. The lowest BCUT2D eigenvalue weighted by atomic mass is 10.1. The van der Waals surface area contributed by atoms with E-state index in [2.05, 4.69) is 0 Å². The summed E-state index contributed by atoms with van der Waals surface area (Å²) < 4.78 is 4.83. The number of carboxylic acids is 1. The zero-order valence-electron chi connectivity index (χ0n) is 7.24. The standard InChI is InChI=1S/C9H6ClNO3/c1-14-8-3-6(9(12)13)5(4-11)2-7(8)10/h2-3H,1H3,(H,12,13). The third kappa shape index (κ3) is 1.78. The molecule has 0 saturated carbocycles. The van der Waals surface area contributed by atoms with E-state index in [1.807, 2.05) is 0 Å². The molecule has 0 aromatic heterocycles. The van der Waals surface area contributed by atoms with Crippen LogP contribution in [0.1, 0.15) is 15.9 Å². The smallest absolute Gasteiger partial charge is 0.337 e. The molecule has 0 bridgehead atoms.